The number of halogens is 1. The number of aliphatic carboxylic acids is 1. The van der Waals surface area contributed by atoms with Crippen molar-refractivity contribution in [3.05, 3.63) is 11.6 Å². The Hall–Kier alpha value is -0.540. The van der Waals surface area contributed by atoms with Crippen LogP contribution in [0.3, 0.4) is 0 Å². The third-order valence-corrected chi connectivity index (χ3v) is 5.12. The molecule has 0 aromatic carbocycles. The minimum atomic E-state index is -0.830. The first-order valence-electron chi connectivity index (χ1n) is 11.6. The van der Waals surface area contributed by atoms with Crippen molar-refractivity contribution >= 4 is 17.6 Å². The van der Waals surface area contributed by atoms with Gasteiger partial charge in [-0.3, -0.25) is 0 Å². The Kier molecular flexibility index (Phi) is 25.9. The number of hydrogen-bond acceptors (Lipinski definition) is 2. The highest BCUT2D eigenvalue weighted by Crippen LogP contribution is 2.12. The third-order valence-electron chi connectivity index (χ3n) is 4.85. The Morgan fingerprint density at radius 2 is 1.21 bits per heavy atom. The van der Waals surface area contributed by atoms with Crippen LogP contribution in [0.15, 0.2) is 11.6 Å². The average molecular weight is 418 g/mol. The van der Waals surface area contributed by atoms with Gasteiger partial charge in [0.05, 0.1) is 0 Å². The number of alkyl halides is 1. The highest BCUT2D eigenvalue weighted by atomic mass is 35.5. The summed E-state index contributed by atoms with van der Waals surface area (Å²) in [6.07, 6.45) is 22.4. The fourth-order valence-electron chi connectivity index (χ4n) is 2.92. The van der Waals surface area contributed by atoms with E-state index in [0.717, 1.165) is 18.8 Å². The van der Waals surface area contributed by atoms with Gasteiger partial charge in [0.2, 0.25) is 0 Å². The Labute approximate surface area is 180 Å². The molecule has 0 aliphatic heterocycles. The molecule has 0 atom stereocenters. The fourth-order valence-corrected chi connectivity index (χ4v) is 3.10. The molecule has 0 aromatic heterocycles. The normalized spacial score (nSPS) is 11.4. The molecule has 1 N–H and O–H groups in total. The summed E-state index contributed by atoms with van der Waals surface area (Å²) in [5, 5.41) is 8.47. The van der Waals surface area contributed by atoms with Gasteiger partial charge in [-0.05, 0) is 33.9 Å². The number of rotatable bonds is 18. The first kappa shape index (κ1) is 29.7. The van der Waals surface area contributed by atoms with Crippen LogP contribution in [0.4, 0.5) is 0 Å². The zero-order valence-corrected chi connectivity index (χ0v) is 20.0. The van der Waals surface area contributed by atoms with E-state index in [9.17, 15) is 4.79 Å². The third kappa shape index (κ3) is 27.7. The van der Waals surface area contributed by atoms with Gasteiger partial charge in [-0.1, -0.05) is 96.5 Å². The van der Waals surface area contributed by atoms with E-state index in [1.54, 1.807) is 13.0 Å². The van der Waals surface area contributed by atoms with Crippen LogP contribution in [0.5, 0.6) is 0 Å². The van der Waals surface area contributed by atoms with Crippen LogP contribution in [-0.4, -0.2) is 42.5 Å². The molecule has 28 heavy (non-hydrogen) atoms. The molecule has 0 saturated carbocycles. The SMILES string of the molecule is CC(=CCCN(C)C)C(=O)O.CCCCCCCCCCCCCCCCCl. The summed E-state index contributed by atoms with van der Waals surface area (Å²) in [4.78, 5) is 12.3. The van der Waals surface area contributed by atoms with Crippen molar-refractivity contribution in [3.8, 4) is 0 Å². The second-order valence-electron chi connectivity index (χ2n) is 8.07. The maximum atomic E-state index is 10.3. The second-order valence-corrected chi connectivity index (χ2v) is 8.45. The standard InChI is InChI=1S/C16H33Cl.C8H15NO2/c1-2-3-4-5-6-7-8-9-10-11-12-13-14-15-16-17;1-7(8(10)11)5-4-6-9(2)3/h2-16H2,1H3;5H,4,6H2,1-3H3,(H,10,11). The van der Waals surface area contributed by atoms with Gasteiger partial charge in [0.1, 0.15) is 0 Å². The second kappa shape index (κ2) is 24.5. The fraction of sp³-hybridized carbons (Fsp3) is 0.875. The molecule has 0 unspecified atom stereocenters. The van der Waals surface area contributed by atoms with Gasteiger partial charge in [0.15, 0.2) is 0 Å². The predicted molar refractivity (Wildman–Crippen MR) is 126 cm³/mol. The molecule has 0 bridgehead atoms. The summed E-state index contributed by atoms with van der Waals surface area (Å²) in [5.74, 6) is 0.0154. The van der Waals surface area contributed by atoms with Gasteiger partial charge >= 0.3 is 5.97 Å². The summed E-state index contributed by atoms with van der Waals surface area (Å²) in [7, 11) is 3.92. The van der Waals surface area contributed by atoms with E-state index in [-0.39, 0.29) is 0 Å². The monoisotopic (exact) mass is 417 g/mol. The first-order chi connectivity index (χ1) is 13.5. The van der Waals surface area contributed by atoms with E-state index in [4.69, 9.17) is 16.7 Å². The minimum Gasteiger partial charge on any atom is -0.478 e. The Morgan fingerprint density at radius 1 is 0.821 bits per heavy atom. The van der Waals surface area contributed by atoms with Gasteiger partial charge in [0, 0.05) is 18.0 Å². The topological polar surface area (TPSA) is 40.5 Å². The van der Waals surface area contributed by atoms with Crippen molar-refractivity contribution in [2.24, 2.45) is 0 Å². The number of nitrogens with zero attached hydrogens (tertiary/aromatic N) is 1. The maximum absolute atomic E-state index is 10.3. The molecule has 3 nitrogen and oxygen atoms in total. The van der Waals surface area contributed by atoms with Crippen LogP contribution in [0, 0.1) is 0 Å². The molecule has 4 heteroatoms. The summed E-state index contributed by atoms with van der Waals surface area (Å²) >= 11 is 5.64. The first-order valence-corrected chi connectivity index (χ1v) is 12.1. The molecule has 0 aliphatic rings. The van der Waals surface area contributed by atoms with Crippen LogP contribution in [0.1, 0.15) is 110 Å². The molecule has 0 aliphatic carbocycles. The molecular formula is C24H48ClNO2. The van der Waals surface area contributed by atoms with E-state index in [1.807, 2.05) is 19.0 Å². The van der Waals surface area contributed by atoms with E-state index < -0.39 is 5.97 Å². The summed E-state index contributed by atoms with van der Waals surface area (Å²) in [6, 6.07) is 0. The molecule has 0 rings (SSSR count). The Balaban J connectivity index is 0. The highest BCUT2D eigenvalue weighted by Gasteiger charge is 1.97. The van der Waals surface area contributed by atoms with Crippen molar-refractivity contribution < 1.29 is 9.90 Å². The van der Waals surface area contributed by atoms with Gasteiger partial charge < -0.3 is 10.0 Å². The average Bonchev–Trinajstić information content (AvgIpc) is 2.65. The smallest absolute Gasteiger partial charge is 0.330 e. The lowest BCUT2D eigenvalue weighted by atomic mass is 10.0. The summed E-state index contributed by atoms with van der Waals surface area (Å²) in [5.41, 5.74) is 0.423. The van der Waals surface area contributed by atoms with Crippen LogP contribution in [0.2, 0.25) is 0 Å². The number of carbonyl (C=O) groups is 1. The van der Waals surface area contributed by atoms with Crippen molar-refractivity contribution in [2.45, 2.75) is 110 Å². The number of hydrogen-bond donors (Lipinski definition) is 1. The molecule has 0 heterocycles. The quantitative estimate of drug-likeness (QED) is 0.141. The molecule has 0 spiro atoms. The molecule has 168 valence electrons. The van der Waals surface area contributed by atoms with Gasteiger partial charge in [-0.25, -0.2) is 4.79 Å². The Bertz CT molecular complexity index is 343. The zero-order valence-electron chi connectivity index (χ0n) is 19.3. The molecule has 0 radical (unpaired) electrons. The summed E-state index contributed by atoms with van der Waals surface area (Å²) in [6.45, 7) is 4.79. The predicted octanol–water partition coefficient (Wildman–Crippen LogP) is 7.68. The number of carboxylic acids is 1. The van der Waals surface area contributed by atoms with E-state index in [2.05, 4.69) is 6.92 Å². The van der Waals surface area contributed by atoms with Crippen molar-refractivity contribution in [1.29, 1.82) is 0 Å². The van der Waals surface area contributed by atoms with Gasteiger partial charge in [-0.2, -0.15) is 0 Å². The highest BCUT2D eigenvalue weighted by molar-refractivity contribution is 6.17. The van der Waals surface area contributed by atoms with Crippen molar-refractivity contribution in [1.82, 2.24) is 4.90 Å². The van der Waals surface area contributed by atoms with Gasteiger partial charge in [-0.15, -0.1) is 11.6 Å². The van der Waals surface area contributed by atoms with Crippen LogP contribution in [0.25, 0.3) is 0 Å². The van der Waals surface area contributed by atoms with Crippen molar-refractivity contribution in [2.75, 3.05) is 26.5 Å². The number of unbranched alkanes of at least 4 members (excludes halogenated alkanes) is 13. The molecule has 0 aromatic rings. The summed E-state index contributed by atoms with van der Waals surface area (Å²) < 4.78 is 0. The zero-order chi connectivity index (χ0) is 21.5. The van der Waals surface area contributed by atoms with Crippen LogP contribution in [-0.2, 0) is 4.79 Å². The molecule has 0 amide bonds. The molecular weight excluding hydrogens is 370 g/mol. The largest absolute Gasteiger partial charge is 0.478 e. The van der Waals surface area contributed by atoms with E-state index in [1.165, 1.54) is 89.9 Å². The lowest BCUT2D eigenvalue weighted by Crippen LogP contribution is -2.12. The lowest BCUT2D eigenvalue weighted by Gasteiger charge is -2.05. The maximum Gasteiger partial charge on any atom is 0.330 e. The lowest BCUT2D eigenvalue weighted by molar-refractivity contribution is -0.132. The number of carboxylic acid groups (broad SMARTS) is 1. The molecule has 0 saturated heterocycles. The van der Waals surface area contributed by atoms with Crippen molar-refractivity contribution in [3.63, 3.8) is 0 Å². The van der Waals surface area contributed by atoms with E-state index >= 15 is 0 Å². The van der Waals surface area contributed by atoms with Crippen LogP contribution >= 0.6 is 11.6 Å². The minimum absolute atomic E-state index is 0.423. The van der Waals surface area contributed by atoms with Gasteiger partial charge in [0.25, 0.3) is 0 Å². The van der Waals surface area contributed by atoms with E-state index in [0.29, 0.717) is 5.57 Å². The molecule has 0 fully saturated rings. The Morgan fingerprint density at radius 3 is 1.54 bits per heavy atom. The van der Waals surface area contributed by atoms with Crippen LogP contribution < -0.4 is 0 Å².